The molecule has 0 saturated heterocycles. The van der Waals surface area contributed by atoms with Gasteiger partial charge < -0.3 is 9.73 Å². The van der Waals surface area contributed by atoms with Crippen molar-refractivity contribution >= 4 is 33.6 Å². The average molecular weight is 278 g/mol. The molecule has 0 unspecified atom stereocenters. The Morgan fingerprint density at radius 1 is 1.19 bits per heavy atom. The van der Waals surface area contributed by atoms with Crippen LogP contribution in [0.15, 0.2) is 53.4 Å². The third kappa shape index (κ3) is 2.02. The highest BCUT2D eigenvalue weighted by atomic mass is 16.3. The van der Waals surface area contributed by atoms with E-state index >= 15 is 0 Å². The van der Waals surface area contributed by atoms with Gasteiger partial charge in [-0.1, -0.05) is 0 Å². The van der Waals surface area contributed by atoms with Gasteiger partial charge in [0.15, 0.2) is 12.0 Å². The molecule has 102 valence electrons. The van der Waals surface area contributed by atoms with Crippen LogP contribution in [0.2, 0.25) is 0 Å². The maximum absolute atomic E-state index is 12.3. The molecule has 2 heterocycles. The van der Waals surface area contributed by atoms with E-state index < -0.39 is 0 Å². The van der Waals surface area contributed by atoms with Gasteiger partial charge in [0, 0.05) is 16.6 Å². The van der Waals surface area contributed by atoms with Crippen LogP contribution in [0.5, 0.6) is 0 Å². The molecule has 21 heavy (non-hydrogen) atoms. The number of nitrogens with zero attached hydrogens (tertiary/aromatic N) is 2. The Labute approximate surface area is 118 Å². The van der Waals surface area contributed by atoms with Crippen molar-refractivity contribution < 1.29 is 9.21 Å². The minimum absolute atomic E-state index is 0.202. The van der Waals surface area contributed by atoms with Crippen molar-refractivity contribution in [3.63, 3.8) is 0 Å². The predicted molar refractivity (Wildman–Crippen MR) is 78.1 cm³/mol. The van der Waals surface area contributed by atoms with Crippen molar-refractivity contribution in [2.24, 2.45) is 0 Å². The molecule has 0 spiro atoms. The topological polar surface area (TPSA) is 83.8 Å². The second-order valence-electron chi connectivity index (χ2n) is 4.66. The summed E-state index contributed by atoms with van der Waals surface area (Å²) in [5.74, 6) is -0.202. The van der Waals surface area contributed by atoms with E-state index in [1.165, 1.54) is 6.39 Å². The van der Waals surface area contributed by atoms with E-state index in [0.717, 1.165) is 16.4 Å². The fourth-order valence-electron chi connectivity index (χ4n) is 2.21. The van der Waals surface area contributed by atoms with Crippen LogP contribution in [0.25, 0.3) is 22.0 Å². The van der Waals surface area contributed by atoms with Gasteiger partial charge >= 0.3 is 0 Å². The summed E-state index contributed by atoms with van der Waals surface area (Å²) in [6.45, 7) is 0. The summed E-state index contributed by atoms with van der Waals surface area (Å²) in [6, 6.07) is 10.7. The molecular weight excluding hydrogens is 268 g/mol. The number of hydrogen-bond acceptors (Lipinski definition) is 4. The SMILES string of the molecule is O=C(Nc1ccc2cn[nH]c2c1)c1ccc2ncoc2c1. The van der Waals surface area contributed by atoms with Gasteiger partial charge in [0.25, 0.3) is 5.91 Å². The molecule has 0 aliphatic heterocycles. The summed E-state index contributed by atoms with van der Waals surface area (Å²) in [7, 11) is 0. The van der Waals surface area contributed by atoms with Crippen molar-refractivity contribution in [2.75, 3.05) is 5.32 Å². The lowest BCUT2D eigenvalue weighted by molar-refractivity contribution is 0.102. The van der Waals surface area contributed by atoms with E-state index in [4.69, 9.17) is 4.42 Å². The summed E-state index contributed by atoms with van der Waals surface area (Å²) in [4.78, 5) is 16.3. The first-order valence-electron chi connectivity index (χ1n) is 6.37. The molecule has 0 bridgehead atoms. The van der Waals surface area contributed by atoms with Crippen LogP contribution in [0.1, 0.15) is 10.4 Å². The molecule has 1 amide bonds. The van der Waals surface area contributed by atoms with Crippen molar-refractivity contribution in [2.45, 2.75) is 0 Å². The minimum atomic E-state index is -0.202. The number of H-pyrrole nitrogens is 1. The molecule has 0 saturated carbocycles. The van der Waals surface area contributed by atoms with Gasteiger partial charge in [0.1, 0.15) is 5.52 Å². The van der Waals surface area contributed by atoms with E-state index in [1.807, 2.05) is 18.2 Å². The predicted octanol–water partition coefficient (Wildman–Crippen LogP) is 2.96. The number of anilines is 1. The van der Waals surface area contributed by atoms with Crippen LogP contribution < -0.4 is 5.32 Å². The summed E-state index contributed by atoms with van der Waals surface area (Å²) < 4.78 is 5.20. The minimum Gasteiger partial charge on any atom is -0.443 e. The molecule has 6 heteroatoms. The number of fused-ring (bicyclic) bond motifs is 2. The van der Waals surface area contributed by atoms with Gasteiger partial charge in [-0.2, -0.15) is 5.10 Å². The number of carbonyl (C=O) groups excluding carboxylic acids is 1. The summed E-state index contributed by atoms with van der Waals surface area (Å²) in [5.41, 5.74) is 3.41. The molecular formula is C15H10N4O2. The van der Waals surface area contributed by atoms with Gasteiger partial charge in [0.05, 0.1) is 11.7 Å². The Kier molecular flexibility index (Phi) is 2.47. The normalized spacial score (nSPS) is 11.0. The van der Waals surface area contributed by atoms with E-state index in [2.05, 4.69) is 20.5 Å². The second-order valence-corrected chi connectivity index (χ2v) is 4.66. The van der Waals surface area contributed by atoms with Crippen molar-refractivity contribution in [1.29, 1.82) is 0 Å². The maximum Gasteiger partial charge on any atom is 0.255 e. The van der Waals surface area contributed by atoms with Gasteiger partial charge in [-0.25, -0.2) is 4.98 Å². The quantitative estimate of drug-likeness (QED) is 0.590. The van der Waals surface area contributed by atoms with E-state index in [-0.39, 0.29) is 5.91 Å². The standard InChI is InChI=1S/C15H10N4O2/c20-15(9-2-4-12-14(5-9)21-8-16-12)18-11-3-1-10-7-17-19-13(10)6-11/h1-8H,(H,17,19)(H,18,20). The first-order valence-corrected chi connectivity index (χ1v) is 6.37. The number of hydrogen-bond donors (Lipinski definition) is 2. The van der Waals surface area contributed by atoms with Crippen LogP contribution in [0.4, 0.5) is 5.69 Å². The molecule has 0 atom stereocenters. The van der Waals surface area contributed by atoms with Crippen molar-refractivity contribution in [3.8, 4) is 0 Å². The Morgan fingerprint density at radius 3 is 3.10 bits per heavy atom. The zero-order valence-electron chi connectivity index (χ0n) is 10.8. The van der Waals surface area contributed by atoms with Crippen molar-refractivity contribution in [3.05, 3.63) is 54.6 Å². The van der Waals surface area contributed by atoms with Gasteiger partial charge in [-0.15, -0.1) is 0 Å². The number of aromatic amines is 1. The van der Waals surface area contributed by atoms with Gasteiger partial charge in [-0.05, 0) is 36.4 Å². The molecule has 0 radical (unpaired) electrons. The summed E-state index contributed by atoms with van der Waals surface area (Å²) in [6.07, 6.45) is 3.09. The van der Waals surface area contributed by atoms with Crippen LogP contribution in [-0.4, -0.2) is 21.1 Å². The molecule has 2 aromatic heterocycles. The summed E-state index contributed by atoms with van der Waals surface area (Å²) >= 11 is 0. The highest BCUT2D eigenvalue weighted by molar-refractivity contribution is 6.06. The number of nitrogens with one attached hydrogen (secondary N) is 2. The largest absolute Gasteiger partial charge is 0.443 e. The number of oxazole rings is 1. The third-order valence-electron chi connectivity index (χ3n) is 3.29. The Bertz CT molecular complexity index is 954. The van der Waals surface area contributed by atoms with E-state index in [9.17, 15) is 4.79 Å². The van der Waals surface area contributed by atoms with Gasteiger partial charge in [-0.3, -0.25) is 9.89 Å². The number of amides is 1. The highest BCUT2D eigenvalue weighted by Crippen LogP contribution is 2.19. The molecule has 4 rings (SSSR count). The van der Waals surface area contributed by atoms with E-state index in [0.29, 0.717) is 16.8 Å². The molecule has 6 nitrogen and oxygen atoms in total. The lowest BCUT2D eigenvalue weighted by Crippen LogP contribution is -2.11. The van der Waals surface area contributed by atoms with Crippen LogP contribution in [-0.2, 0) is 0 Å². The fraction of sp³-hybridized carbons (Fsp3) is 0. The molecule has 2 aromatic carbocycles. The molecule has 0 aliphatic carbocycles. The first-order chi connectivity index (χ1) is 10.3. The van der Waals surface area contributed by atoms with Crippen LogP contribution >= 0.6 is 0 Å². The molecule has 0 fully saturated rings. The fourth-order valence-corrected chi connectivity index (χ4v) is 2.21. The zero-order chi connectivity index (χ0) is 14.2. The van der Waals surface area contributed by atoms with E-state index in [1.54, 1.807) is 24.4 Å². The lowest BCUT2D eigenvalue weighted by Gasteiger charge is -2.05. The van der Waals surface area contributed by atoms with Crippen molar-refractivity contribution in [1.82, 2.24) is 15.2 Å². The summed E-state index contributed by atoms with van der Waals surface area (Å²) in [5, 5.41) is 10.7. The average Bonchev–Trinajstić information content (AvgIpc) is 3.14. The number of carbonyl (C=O) groups is 1. The smallest absolute Gasteiger partial charge is 0.255 e. The Morgan fingerprint density at radius 2 is 2.14 bits per heavy atom. The van der Waals surface area contributed by atoms with Gasteiger partial charge in [0.2, 0.25) is 0 Å². The molecule has 0 aliphatic rings. The number of benzene rings is 2. The lowest BCUT2D eigenvalue weighted by atomic mass is 10.2. The van der Waals surface area contributed by atoms with Crippen LogP contribution in [0.3, 0.4) is 0 Å². The monoisotopic (exact) mass is 278 g/mol. The third-order valence-corrected chi connectivity index (χ3v) is 3.29. The second kappa shape index (κ2) is 4.45. The maximum atomic E-state index is 12.3. The highest BCUT2D eigenvalue weighted by Gasteiger charge is 2.09. The Hall–Kier alpha value is -3.15. The van der Waals surface area contributed by atoms with Crippen LogP contribution in [0, 0.1) is 0 Å². The Balaban J connectivity index is 1.64. The zero-order valence-corrected chi connectivity index (χ0v) is 10.8. The molecule has 2 N–H and O–H groups in total. The number of aromatic nitrogens is 3. The molecule has 4 aromatic rings. The first kappa shape index (κ1) is 11.7. The number of rotatable bonds is 2.